The molecule has 2 rings (SSSR count). The van der Waals surface area contributed by atoms with Crippen molar-refractivity contribution in [3.05, 3.63) is 40.9 Å². The van der Waals surface area contributed by atoms with Crippen LogP contribution in [0.15, 0.2) is 30.3 Å². The number of nitrogens with one attached hydrogen (secondary N) is 1. The summed E-state index contributed by atoms with van der Waals surface area (Å²) in [6, 6.07) is 10.2. The van der Waals surface area contributed by atoms with Crippen LogP contribution >= 0.6 is 11.3 Å². The van der Waals surface area contributed by atoms with Crippen LogP contribution in [-0.4, -0.2) is 21.6 Å². The van der Waals surface area contributed by atoms with E-state index >= 15 is 0 Å². The van der Waals surface area contributed by atoms with E-state index in [4.69, 9.17) is 5.73 Å². The highest BCUT2D eigenvalue weighted by Crippen LogP contribution is 2.31. The number of hydrogen-bond donors (Lipinski definition) is 2. The Bertz CT molecular complexity index is 639. The molecule has 6 heteroatoms. The molecule has 2 unspecified atom stereocenters. The van der Waals surface area contributed by atoms with Crippen LogP contribution in [0.2, 0.25) is 0 Å². The van der Waals surface area contributed by atoms with Crippen molar-refractivity contribution in [2.75, 3.05) is 5.32 Å². The highest BCUT2D eigenvalue weighted by atomic mass is 32.1. The third-order valence-corrected chi connectivity index (χ3v) is 4.81. The van der Waals surface area contributed by atoms with Gasteiger partial charge in [-0.2, -0.15) is 0 Å². The quantitative estimate of drug-likeness (QED) is 0.812. The van der Waals surface area contributed by atoms with Crippen LogP contribution in [0.5, 0.6) is 0 Å². The number of nitrogens with two attached hydrogens (primary N) is 1. The molecular formula is C17H24N4OS. The first-order valence-corrected chi connectivity index (χ1v) is 8.78. The van der Waals surface area contributed by atoms with Gasteiger partial charge in [0.1, 0.15) is 5.01 Å². The topological polar surface area (TPSA) is 80.9 Å². The summed E-state index contributed by atoms with van der Waals surface area (Å²) in [6.45, 7) is 5.87. The van der Waals surface area contributed by atoms with Crippen LogP contribution in [0.25, 0.3) is 0 Å². The molecule has 0 aliphatic carbocycles. The first kappa shape index (κ1) is 17.6. The molecule has 5 nitrogen and oxygen atoms in total. The maximum atomic E-state index is 12.2. The Balaban J connectivity index is 2.12. The molecule has 2 aromatic rings. The van der Waals surface area contributed by atoms with Crippen molar-refractivity contribution in [1.29, 1.82) is 0 Å². The molecule has 3 N–H and O–H groups in total. The van der Waals surface area contributed by atoms with Gasteiger partial charge in [-0.15, -0.1) is 10.2 Å². The van der Waals surface area contributed by atoms with Crippen LogP contribution < -0.4 is 11.1 Å². The fourth-order valence-electron chi connectivity index (χ4n) is 2.54. The zero-order valence-electron chi connectivity index (χ0n) is 13.9. The largest absolute Gasteiger partial charge is 0.318 e. The van der Waals surface area contributed by atoms with Crippen LogP contribution in [0.3, 0.4) is 0 Å². The fourth-order valence-corrected chi connectivity index (χ4v) is 3.49. The van der Waals surface area contributed by atoms with Gasteiger partial charge in [0.25, 0.3) is 0 Å². The molecule has 0 aliphatic rings. The molecule has 1 aromatic carbocycles. The molecular weight excluding hydrogens is 308 g/mol. The molecule has 1 aromatic heterocycles. The van der Waals surface area contributed by atoms with Gasteiger partial charge in [-0.1, -0.05) is 61.9 Å². The second-order valence-corrected chi connectivity index (χ2v) is 6.95. The lowest BCUT2D eigenvalue weighted by Gasteiger charge is -2.21. The van der Waals surface area contributed by atoms with Gasteiger partial charge in [0.2, 0.25) is 11.0 Å². The Morgan fingerprint density at radius 2 is 2.00 bits per heavy atom. The zero-order chi connectivity index (χ0) is 16.9. The lowest BCUT2D eigenvalue weighted by atomic mass is 9.97. The van der Waals surface area contributed by atoms with E-state index in [0.717, 1.165) is 17.8 Å². The zero-order valence-corrected chi connectivity index (χ0v) is 14.7. The van der Waals surface area contributed by atoms with Crippen molar-refractivity contribution in [3.63, 3.8) is 0 Å². The maximum Gasteiger partial charge on any atom is 0.245 e. The summed E-state index contributed by atoms with van der Waals surface area (Å²) in [7, 11) is 0. The summed E-state index contributed by atoms with van der Waals surface area (Å²) in [5.41, 5.74) is 6.37. The SMILES string of the molecule is CCCC(C)(N)C(=O)Nc1nnc(C(CC)c2ccccc2)s1. The summed E-state index contributed by atoms with van der Waals surface area (Å²) >= 11 is 1.41. The van der Waals surface area contributed by atoms with Crippen LogP contribution in [0.1, 0.15) is 56.5 Å². The number of aromatic nitrogens is 2. The van der Waals surface area contributed by atoms with Crippen LogP contribution in [-0.2, 0) is 4.79 Å². The number of benzene rings is 1. The number of carbonyl (C=O) groups is 1. The van der Waals surface area contributed by atoms with E-state index in [9.17, 15) is 4.79 Å². The van der Waals surface area contributed by atoms with Crippen molar-refractivity contribution in [2.45, 2.75) is 51.5 Å². The standard InChI is InChI=1S/C17H24N4OS/c1-4-11-17(3,18)15(22)19-16-21-20-14(23-16)13(5-2)12-9-7-6-8-10-12/h6-10,13H,4-5,11,18H2,1-3H3,(H,19,21,22). The third kappa shape index (κ3) is 4.36. The van der Waals surface area contributed by atoms with Crippen molar-refractivity contribution in [2.24, 2.45) is 5.73 Å². The summed E-state index contributed by atoms with van der Waals surface area (Å²) in [6.07, 6.45) is 2.41. The molecule has 1 amide bonds. The molecule has 124 valence electrons. The van der Waals surface area contributed by atoms with E-state index in [2.05, 4.69) is 34.6 Å². The van der Waals surface area contributed by atoms with Gasteiger partial charge in [0.15, 0.2) is 0 Å². The van der Waals surface area contributed by atoms with E-state index in [1.54, 1.807) is 6.92 Å². The van der Waals surface area contributed by atoms with E-state index in [1.165, 1.54) is 16.9 Å². The van der Waals surface area contributed by atoms with Crippen molar-refractivity contribution in [3.8, 4) is 0 Å². The average Bonchev–Trinajstić information content (AvgIpc) is 2.97. The van der Waals surface area contributed by atoms with Gasteiger partial charge in [0, 0.05) is 5.92 Å². The predicted octanol–water partition coefficient (Wildman–Crippen LogP) is 3.54. The summed E-state index contributed by atoms with van der Waals surface area (Å²) in [4.78, 5) is 12.2. The van der Waals surface area contributed by atoms with E-state index in [1.807, 2.05) is 25.1 Å². The second kappa shape index (κ2) is 7.66. The Morgan fingerprint density at radius 1 is 1.30 bits per heavy atom. The second-order valence-electron chi connectivity index (χ2n) is 5.94. The Labute approximate surface area is 141 Å². The number of rotatable bonds is 7. The first-order chi connectivity index (χ1) is 11.0. The minimum Gasteiger partial charge on any atom is -0.318 e. The first-order valence-electron chi connectivity index (χ1n) is 7.96. The number of amides is 1. The van der Waals surface area contributed by atoms with Gasteiger partial charge < -0.3 is 5.73 Å². The van der Waals surface area contributed by atoms with Crippen molar-refractivity contribution in [1.82, 2.24) is 10.2 Å². The Hall–Kier alpha value is -1.79. The van der Waals surface area contributed by atoms with Gasteiger partial charge in [0.05, 0.1) is 5.54 Å². The fraction of sp³-hybridized carbons (Fsp3) is 0.471. The molecule has 0 aliphatic heterocycles. The lowest BCUT2D eigenvalue weighted by Crippen LogP contribution is -2.48. The molecule has 23 heavy (non-hydrogen) atoms. The summed E-state index contributed by atoms with van der Waals surface area (Å²) in [5.74, 6) is -0.0194. The van der Waals surface area contributed by atoms with E-state index < -0.39 is 5.54 Å². The number of hydrogen-bond acceptors (Lipinski definition) is 5. The van der Waals surface area contributed by atoms with Crippen molar-refractivity contribution >= 4 is 22.4 Å². The predicted molar refractivity (Wildman–Crippen MR) is 94.6 cm³/mol. The lowest BCUT2D eigenvalue weighted by molar-refractivity contribution is -0.120. The van der Waals surface area contributed by atoms with E-state index in [0.29, 0.717) is 11.6 Å². The third-order valence-electron chi connectivity index (χ3n) is 3.86. The molecule has 0 spiro atoms. The smallest absolute Gasteiger partial charge is 0.245 e. The minimum atomic E-state index is -0.885. The number of nitrogens with zero attached hydrogens (tertiary/aromatic N) is 2. The Kier molecular flexibility index (Phi) is 5.85. The van der Waals surface area contributed by atoms with Gasteiger partial charge in [-0.25, -0.2) is 0 Å². The highest BCUT2D eigenvalue weighted by molar-refractivity contribution is 7.15. The minimum absolute atomic E-state index is 0.194. The molecule has 0 saturated heterocycles. The normalized spacial score (nSPS) is 15.0. The molecule has 2 atom stereocenters. The van der Waals surface area contributed by atoms with Gasteiger partial charge >= 0.3 is 0 Å². The monoisotopic (exact) mass is 332 g/mol. The molecule has 1 heterocycles. The molecule has 0 fully saturated rings. The van der Waals surface area contributed by atoms with E-state index in [-0.39, 0.29) is 11.8 Å². The maximum absolute atomic E-state index is 12.2. The summed E-state index contributed by atoms with van der Waals surface area (Å²) < 4.78 is 0. The molecule has 0 saturated carbocycles. The Morgan fingerprint density at radius 3 is 2.61 bits per heavy atom. The number of carbonyl (C=O) groups excluding carboxylic acids is 1. The highest BCUT2D eigenvalue weighted by Gasteiger charge is 2.28. The van der Waals surface area contributed by atoms with Crippen molar-refractivity contribution < 1.29 is 4.79 Å². The summed E-state index contributed by atoms with van der Waals surface area (Å²) in [5, 5.41) is 12.6. The molecule has 0 radical (unpaired) electrons. The van der Waals surface area contributed by atoms with Crippen LogP contribution in [0, 0.1) is 0 Å². The van der Waals surface area contributed by atoms with Gasteiger partial charge in [-0.3, -0.25) is 10.1 Å². The van der Waals surface area contributed by atoms with Crippen LogP contribution in [0.4, 0.5) is 5.13 Å². The van der Waals surface area contributed by atoms with Gasteiger partial charge in [-0.05, 0) is 25.3 Å². The number of anilines is 1. The average molecular weight is 332 g/mol. The molecule has 0 bridgehead atoms.